The second-order valence-corrected chi connectivity index (χ2v) is 7.50. The molecule has 8 nitrogen and oxygen atoms in total. The Hall–Kier alpha value is -3.11. The van der Waals surface area contributed by atoms with Crippen LogP contribution in [0.4, 0.5) is 5.13 Å². The van der Waals surface area contributed by atoms with Crippen molar-refractivity contribution < 1.29 is 14.7 Å². The van der Waals surface area contributed by atoms with Gasteiger partial charge in [0.25, 0.3) is 5.91 Å². The van der Waals surface area contributed by atoms with E-state index in [1.54, 1.807) is 42.5 Å². The predicted octanol–water partition coefficient (Wildman–Crippen LogP) is 2.95. The van der Waals surface area contributed by atoms with Crippen LogP contribution in [0.15, 0.2) is 58.1 Å². The fourth-order valence-corrected chi connectivity index (χ4v) is 3.10. The zero-order valence-corrected chi connectivity index (χ0v) is 16.7. The summed E-state index contributed by atoms with van der Waals surface area (Å²) >= 11 is 4.42. The number of nitrogens with zero attached hydrogens (tertiary/aromatic N) is 3. The highest BCUT2D eigenvalue weighted by molar-refractivity contribution is 9.10. The molecule has 0 saturated heterocycles. The molecule has 142 valence electrons. The van der Waals surface area contributed by atoms with E-state index in [9.17, 15) is 14.7 Å². The van der Waals surface area contributed by atoms with Crippen molar-refractivity contribution in [2.45, 2.75) is 6.42 Å². The smallest absolute Gasteiger partial charge is 0.257 e. The van der Waals surface area contributed by atoms with E-state index in [2.05, 4.69) is 42.0 Å². The summed E-state index contributed by atoms with van der Waals surface area (Å²) in [6.07, 6.45) is 1.39. The summed E-state index contributed by atoms with van der Waals surface area (Å²) in [5.74, 6) is -0.574. The molecule has 3 N–H and O–H groups in total. The molecule has 0 spiro atoms. The fraction of sp³-hybridized carbons (Fsp3) is 0.0556. The van der Waals surface area contributed by atoms with Crippen molar-refractivity contribution in [1.29, 1.82) is 0 Å². The van der Waals surface area contributed by atoms with Gasteiger partial charge in [-0.2, -0.15) is 5.10 Å². The van der Waals surface area contributed by atoms with Crippen LogP contribution in [-0.4, -0.2) is 33.3 Å². The lowest BCUT2D eigenvalue weighted by Gasteiger charge is -2.00. The number of phenolic OH excluding ortho intramolecular Hbond substituents is 1. The van der Waals surface area contributed by atoms with Crippen LogP contribution in [0.5, 0.6) is 5.75 Å². The highest BCUT2D eigenvalue weighted by Gasteiger charge is 2.12. The number of hydrazone groups is 1. The number of carbonyl (C=O) groups excluding carboxylic acids is 2. The third-order valence-electron chi connectivity index (χ3n) is 3.38. The zero-order chi connectivity index (χ0) is 19.9. The van der Waals surface area contributed by atoms with E-state index >= 15 is 0 Å². The standard InChI is InChI=1S/C18H14BrN5O3S/c19-13-6-4-12(5-7-13)17(27)21-18-24-23-16(28-18)9-15(26)22-20-10-11-2-1-3-14(25)8-11/h1-8,10,25H,9H2,(H,22,26)(H,21,24,27)/b20-10-. The minimum atomic E-state index is -0.377. The number of aromatic hydroxyl groups is 1. The number of rotatable bonds is 6. The van der Waals surface area contributed by atoms with Gasteiger partial charge < -0.3 is 5.11 Å². The van der Waals surface area contributed by atoms with Crippen LogP contribution >= 0.6 is 27.3 Å². The van der Waals surface area contributed by atoms with E-state index in [1.807, 2.05) is 0 Å². The summed E-state index contributed by atoms with van der Waals surface area (Å²) in [6, 6.07) is 13.4. The summed E-state index contributed by atoms with van der Waals surface area (Å²) < 4.78 is 0.875. The van der Waals surface area contributed by atoms with Crippen molar-refractivity contribution in [2.75, 3.05) is 5.32 Å². The Balaban J connectivity index is 1.51. The van der Waals surface area contributed by atoms with Crippen molar-refractivity contribution in [2.24, 2.45) is 5.10 Å². The Labute approximate surface area is 172 Å². The Bertz CT molecular complexity index is 1020. The van der Waals surface area contributed by atoms with Crippen LogP contribution in [0.2, 0.25) is 0 Å². The first-order valence-corrected chi connectivity index (χ1v) is 9.61. The molecule has 0 radical (unpaired) electrons. The molecule has 10 heteroatoms. The number of halogens is 1. The molecule has 1 aromatic heterocycles. The third kappa shape index (κ3) is 5.69. The Kier molecular flexibility index (Phi) is 6.45. The summed E-state index contributed by atoms with van der Waals surface area (Å²) in [4.78, 5) is 24.1. The van der Waals surface area contributed by atoms with Gasteiger partial charge in [0.05, 0.1) is 12.6 Å². The maximum absolute atomic E-state index is 12.2. The average Bonchev–Trinajstić information content (AvgIpc) is 3.09. The second kappa shape index (κ2) is 9.20. The molecular formula is C18H14BrN5O3S. The molecule has 3 rings (SSSR count). The first kappa shape index (κ1) is 19.6. The molecule has 2 amide bonds. The highest BCUT2D eigenvalue weighted by atomic mass is 79.9. The monoisotopic (exact) mass is 459 g/mol. The summed E-state index contributed by atoms with van der Waals surface area (Å²) in [7, 11) is 0. The first-order chi connectivity index (χ1) is 13.5. The Morgan fingerprint density at radius 1 is 1.18 bits per heavy atom. The highest BCUT2D eigenvalue weighted by Crippen LogP contribution is 2.17. The zero-order valence-electron chi connectivity index (χ0n) is 14.3. The third-order valence-corrected chi connectivity index (χ3v) is 4.75. The minimum Gasteiger partial charge on any atom is -0.508 e. The number of carbonyl (C=O) groups is 2. The Morgan fingerprint density at radius 2 is 1.96 bits per heavy atom. The Morgan fingerprint density at radius 3 is 2.71 bits per heavy atom. The lowest BCUT2D eigenvalue weighted by molar-refractivity contribution is -0.120. The molecule has 0 unspecified atom stereocenters. The van der Waals surface area contributed by atoms with Crippen molar-refractivity contribution in [3.8, 4) is 5.75 Å². The number of amides is 2. The van der Waals surface area contributed by atoms with Crippen LogP contribution < -0.4 is 10.7 Å². The maximum atomic E-state index is 12.2. The number of nitrogens with one attached hydrogen (secondary N) is 2. The van der Waals surface area contributed by atoms with Crippen molar-refractivity contribution in [1.82, 2.24) is 15.6 Å². The van der Waals surface area contributed by atoms with Gasteiger partial charge in [0.15, 0.2) is 0 Å². The predicted molar refractivity (Wildman–Crippen MR) is 110 cm³/mol. The number of benzene rings is 2. The van der Waals surface area contributed by atoms with Crippen LogP contribution in [-0.2, 0) is 11.2 Å². The van der Waals surface area contributed by atoms with Crippen LogP contribution in [0.1, 0.15) is 20.9 Å². The van der Waals surface area contributed by atoms with Gasteiger partial charge >= 0.3 is 0 Å². The number of hydrogen-bond acceptors (Lipinski definition) is 7. The summed E-state index contributed by atoms with van der Waals surface area (Å²) in [5.41, 5.74) is 3.51. The number of phenols is 1. The molecular weight excluding hydrogens is 446 g/mol. The largest absolute Gasteiger partial charge is 0.508 e. The number of anilines is 1. The molecule has 28 heavy (non-hydrogen) atoms. The second-order valence-electron chi connectivity index (χ2n) is 5.53. The molecule has 0 aliphatic carbocycles. The topological polar surface area (TPSA) is 117 Å². The van der Waals surface area contributed by atoms with Gasteiger partial charge in [0.1, 0.15) is 10.8 Å². The van der Waals surface area contributed by atoms with Crippen molar-refractivity contribution in [3.63, 3.8) is 0 Å². The van der Waals surface area contributed by atoms with Crippen molar-refractivity contribution in [3.05, 3.63) is 69.1 Å². The molecule has 2 aromatic carbocycles. The molecule has 1 heterocycles. The molecule has 0 bridgehead atoms. The van der Waals surface area contributed by atoms with E-state index in [0.717, 1.165) is 15.8 Å². The van der Waals surface area contributed by atoms with Crippen molar-refractivity contribution >= 4 is 50.4 Å². The average molecular weight is 460 g/mol. The fourth-order valence-electron chi connectivity index (χ4n) is 2.11. The normalized spacial score (nSPS) is 10.8. The van der Waals surface area contributed by atoms with Gasteiger partial charge in [-0.05, 0) is 42.0 Å². The van der Waals surface area contributed by atoms with Crippen LogP contribution in [0.3, 0.4) is 0 Å². The molecule has 0 saturated carbocycles. The van der Waals surface area contributed by atoms with Gasteiger partial charge in [0, 0.05) is 10.0 Å². The first-order valence-electron chi connectivity index (χ1n) is 8.00. The van der Waals surface area contributed by atoms with Crippen LogP contribution in [0, 0.1) is 0 Å². The summed E-state index contributed by atoms with van der Waals surface area (Å²) in [5, 5.41) is 24.4. The molecule has 0 aliphatic heterocycles. The SMILES string of the molecule is O=C(Cc1nnc(NC(=O)c2ccc(Br)cc2)s1)N/N=C\c1cccc(O)c1. The minimum absolute atomic E-state index is 0.0246. The van der Waals surface area contributed by atoms with E-state index in [-0.39, 0.29) is 24.0 Å². The van der Waals surface area contributed by atoms with E-state index in [1.165, 1.54) is 12.3 Å². The lowest BCUT2D eigenvalue weighted by atomic mass is 10.2. The lowest BCUT2D eigenvalue weighted by Crippen LogP contribution is -2.19. The van der Waals surface area contributed by atoms with Gasteiger partial charge in [0.2, 0.25) is 11.0 Å². The van der Waals surface area contributed by atoms with Crippen LogP contribution in [0.25, 0.3) is 0 Å². The van der Waals surface area contributed by atoms with E-state index < -0.39 is 0 Å². The van der Waals surface area contributed by atoms with Gasteiger partial charge in [-0.1, -0.05) is 39.4 Å². The van der Waals surface area contributed by atoms with Gasteiger partial charge in [-0.3, -0.25) is 14.9 Å². The van der Waals surface area contributed by atoms with Gasteiger partial charge in [-0.15, -0.1) is 10.2 Å². The quantitative estimate of drug-likeness (QED) is 0.386. The van der Waals surface area contributed by atoms with E-state index in [0.29, 0.717) is 21.3 Å². The number of hydrogen-bond donors (Lipinski definition) is 3. The van der Waals surface area contributed by atoms with Gasteiger partial charge in [-0.25, -0.2) is 5.43 Å². The maximum Gasteiger partial charge on any atom is 0.257 e. The molecule has 0 atom stereocenters. The molecule has 0 aliphatic rings. The summed E-state index contributed by atoms with van der Waals surface area (Å²) in [6.45, 7) is 0. The van der Waals surface area contributed by atoms with E-state index in [4.69, 9.17) is 0 Å². The number of aromatic nitrogens is 2. The molecule has 3 aromatic rings. The molecule has 0 fully saturated rings.